The fraction of sp³-hybridized carbons (Fsp3) is 0.250. The lowest BCUT2D eigenvalue weighted by Crippen LogP contribution is -2.41. The van der Waals surface area contributed by atoms with E-state index in [4.69, 9.17) is 16.3 Å². The SMILES string of the molecule is COC(=O)c1ccc(Cn2cnc3c2c(=O)n(CC(C)C)c(=O)n3-c2ccccc2Cl)cc1. The van der Waals surface area contributed by atoms with Crippen molar-refractivity contribution >= 4 is 28.7 Å². The monoisotopic (exact) mass is 466 g/mol. The van der Waals surface area contributed by atoms with Gasteiger partial charge in [0.1, 0.15) is 0 Å². The number of methoxy groups -OCH3 is 1. The highest BCUT2D eigenvalue weighted by Gasteiger charge is 2.21. The van der Waals surface area contributed by atoms with Crippen molar-refractivity contribution in [3.05, 3.63) is 91.8 Å². The number of rotatable bonds is 6. The van der Waals surface area contributed by atoms with Crippen LogP contribution in [0.15, 0.2) is 64.4 Å². The van der Waals surface area contributed by atoms with E-state index >= 15 is 0 Å². The first-order valence-corrected chi connectivity index (χ1v) is 10.8. The minimum Gasteiger partial charge on any atom is -0.465 e. The number of aromatic nitrogens is 4. The van der Waals surface area contributed by atoms with Crippen LogP contribution < -0.4 is 11.2 Å². The number of halogens is 1. The molecule has 2 aromatic heterocycles. The highest BCUT2D eigenvalue weighted by molar-refractivity contribution is 6.32. The Bertz CT molecular complexity index is 1450. The topological polar surface area (TPSA) is 88.1 Å². The number of ether oxygens (including phenoxy) is 1. The van der Waals surface area contributed by atoms with Crippen molar-refractivity contribution in [1.82, 2.24) is 18.7 Å². The maximum Gasteiger partial charge on any atom is 0.337 e. The number of fused-ring (bicyclic) bond motifs is 1. The smallest absolute Gasteiger partial charge is 0.337 e. The molecule has 0 aliphatic heterocycles. The fourth-order valence-electron chi connectivity index (χ4n) is 3.74. The van der Waals surface area contributed by atoms with Crippen LogP contribution in [0.1, 0.15) is 29.8 Å². The lowest BCUT2D eigenvalue weighted by atomic mass is 10.1. The van der Waals surface area contributed by atoms with Crippen molar-refractivity contribution in [1.29, 1.82) is 0 Å². The number of nitrogens with zero attached hydrogens (tertiary/aromatic N) is 4. The predicted molar refractivity (Wildman–Crippen MR) is 126 cm³/mol. The van der Waals surface area contributed by atoms with Crippen molar-refractivity contribution in [3.8, 4) is 5.69 Å². The summed E-state index contributed by atoms with van der Waals surface area (Å²) in [6, 6.07) is 13.9. The van der Waals surface area contributed by atoms with E-state index in [-0.39, 0.29) is 18.1 Å². The summed E-state index contributed by atoms with van der Waals surface area (Å²) in [7, 11) is 1.33. The Labute approximate surface area is 194 Å². The summed E-state index contributed by atoms with van der Waals surface area (Å²) in [4.78, 5) is 42.9. The van der Waals surface area contributed by atoms with Crippen LogP contribution in [0.2, 0.25) is 5.02 Å². The third kappa shape index (κ3) is 4.21. The van der Waals surface area contributed by atoms with Crippen molar-refractivity contribution in [3.63, 3.8) is 0 Å². The van der Waals surface area contributed by atoms with Gasteiger partial charge in [-0.15, -0.1) is 0 Å². The summed E-state index contributed by atoms with van der Waals surface area (Å²) >= 11 is 6.40. The van der Waals surface area contributed by atoms with Gasteiger partial charge in [-0.2, -0.15) is 0 Å². The van der Waals surface area contributed by atoms with E-state index in [9.17, 15) is 14.4 Å². The molecule has 0 spiro atoms. The number of hydrogen-bond acceptors (Lipinski definition) is 5. The molecule has 8 nitrogen and oxygen atoms in total. The second-order valence-electron chi connectivity index (χ2n) is 8.11. The molecule has 4 rings (SSSR count). The normalized spacial score (nSPS) is 11.3. The van der Waals surface area contributed by atoms with Crippen molar-refractivity contribution in [2.75, 3.05) is 7.11 Å². The quantitative estimate of drug-likeness (QED) is 0.406. The number of para-hydroxylation sites is 1. The Balaban J connectivity index is 1.91. The van der Waals surface area contributed by atoms with Gasteiger partial charge in [-0.3, -0.25) is 9.36 Å². The third-order valence-corrected chi connectivity index (χ3v) is 5.59. The minimum absolute atomic E-state index is 0.0785. The third-order valence-electron chi connectivity index (χ3n) is 5.27. The molecule has 0 unspecified atom stereocenters. The summed E-state index contributed by atoms with van der Waals surface area (Å²) in [5.41, 5.74) is 1.39. The molecule has 4 aromatic rings. The van der Waals surface area contributed by atoms with E-state index in [1.165, 1.54) is 22.6 Å². The highest BCUT2D eigenvalue weighted by Crippen LogP contribution is 2.21. The zero-order chi connectivity index (χ0) is 23.7. The summed E-state index contributed by atoms with van der Waals surface area (Å²) in [5.74, 6) is -0.343. The molecule has 2 aromatic carbocycles. The standard InChI is InChI=1S/C24H23ClN4O4/c1-15(2)12-28-22(30)20-21(29(24(28)32)19-7-5-4-6-18(19)25)26-14-27(20)13-16-8-10-17(11-9-16)23(31)33-3/h4-11,14-15H,12-13H2,1-3H3. The fourth-order valence-corrected chi connectivity index (χ4v) is 3.96. The average molecular weight is 467 g/mol. The van der Waals surface area contributed by atoms with Crippen LogP contribution in [0.5, 0.6) is 0 Å². The minimum atomic E-state index is -0.484. The molecule has 9 heteroatoms. The summed E-state index contributed by atoms with van der Waals surface area (Å²) in [6.45, 7) is 4.47. The lowest BCUT2D eigenvalue weighted by Gasteiger charge is -2.15. The van der Waals surface area contributed by atoms with E-state index in [1.54, 1.807) is 53.1 Å². The van der Waals surface area contributed by atoms with Gasteiger partial charge in [0.05, 0.1) is 29.7 Å². The lowest BCUT2D eigenvalue weighted by molar-refractivity contribution is 0.0600. The number of carbonyl (C=O) groups excluding carboxylic acids is 1. The van der Waals surface area contributed by atoms with Crippen LogP contribution in [0.25, 0.3) is 16.9 Å². The molecule has 0 N–H and O–H groups in total. The van der Waals surface area contributed by atoms with Crippen LogP contribution in [-0.2, 0) is 17.8 Å². The van der Waals surface area contributed by atoms with Gasteiger partial charge in [0.2, 0.25) is 0 Å². The van der Waals surface area contributed by atoms with Gasteiger partial charge in [-0.25, -0.2) is 19.1 Å². The van der Waals surface area contributed by atoms with Gasteiger partial charge in [-0.1, -0.05) is 49.7 Å². The Morgan fingerprint density at radius 3 is 2.42 bits per heavy atom. The van der Waals surface area contributed by atoms with Gasteiger partial charge in [0.25, 0.3) is 5.56 Å². The van der Waals surface area contributed by atoms with E-state index in [0.29, 0.717) is 28.3 Å². The molecule has 0 saturated carbocycles. The number of benzene rings is 2. The van der Waals surface area contributed by atoms with Gasteiger partial charge >= 0.3 is 11.7 Å². The molecule has 0 amide bonds. The summed E-state index contributed by atoms with van der Waals surface area (Å²) in [6.07, 6.45) is 1.53. The maximum absolute atomic E-state index is 13.4. The largest absolute Gasteiger partial charge is 0.465 e. The van der Waals surface area contributed by atoms with Crippen LogP contribution in [0.4, 0.5) is 0 Å². The van der Waals surface area contributed by atoms with Crippen molar-refractivity contribution in [2.45, 2.75) is 26.9 Å². The van der Waals surface area contributed by atoms with E-state index in [0.717, 1.165) is 5.56 Å². The Morgan fingerprint density at radius 1 is 1.09 bits per heavy atom. The number of carbonyl (C=O) groups is 1. The van der Waals surface area contributed by atoms with Gasteiger partial charge in [-0.05, 0) is 35.7 Å². The molecule has 0 fully saturated rings. The molecule has 0 aliphatic carbocycles. The summed E-state index contributed by atoms with van der Waals surface area (Å²) in [5, 5.41) is 0.378. The molecule has 170 valence electrons. The van der Waals surface area contributed by atoms with Crippen LogP contribution >= 0.6 is 11.6 Å². The Hall–Kier alpha value is -3.65. The molecule has 0 bridgehead atoms. The van der Waals surface area contributed by atoms with Gasteiger partial charge < -0.3 is 9.30 Å². The Kier molecular flexibility index (Phi) is 6.20. The van der Waals surface area contributed by atoms with E-state index in [1.807, 2.05) is 13.8 Å². The number of imidazole rings is 1. The number of hydrogen-bond donors (Lipinski definition) is 0. The first kappa shape index (κ1) is 22.5. The van der Waals surface area contributed by atoms with Gasteiger partial charge in [0.15, 0.2) is 11.2 Å². The molecular weight excluding hydrogens is 444 g/mol. The molecular formula is C24H23ClN4O4. The predicted octanol–water partition coefficient (Wildman–Crippen LogP) is 3.49. The molecule has 0 aliphatic rings. The van der Waals surface area contributed by atoms with E-state index < -0.39 is 17.2 Å². The molecule has 0 saturated heterocycles. The first-order chi connectivity index (χ1) is 15.8. The van der Waals surface area contributed by atoms with Crippen molar-refractivity contribution in [2.24, 2.45) is 5.92 Å². The second kappa shape index (κ2) is 9.07. The first-order valence-electron chi connectivity index (χ1n) is 10.4. The maximum atomic E-state index is 13.4. The van der Waals surface area contributed by atoms with Crippen LogP contribution in [0, 0.1) is 5.92 Å². The van der Waals surface area contributed by atoms with Crippen LogP contribution in [0.3, 0.4) is 0 Å². The van der Waals surface area contributed by atoms with E-state index in [2.05, 4.69) is 4.98 Å². The molecule has 0 atom stereocenters. The second-order valence-corrected chi connectivity index (χ2v) is 8.52. The molecule has 2 heterocycles. The average Bonchev–Trinajstić information content (AvgIpc) is 3.21. The number of esters is 1. The highest BCUT2D eigenvalue weighted by atomic mass is 35.5. The summed E-state index contributed by atoms with van der Waals surface area (Å²) < 4.78 is 9.06. The molecule has 33 heavy (non-hydrogen) atoms. The zero-order valence-corrected chi connectivity index (χ0v) is 19.2. The van der Waals surface area contributed by atoms with Crippen LogP contribution in [-0.4, -0.2) is 31.8 Å². The Morgan fingerprint density at radius 2 is 1.79 bits per heavy atom. The van der Waals surface area contributed by atoms with Crippen molar-refractivity contribution < 1.29 is 9.53 Å². The zero-order valence-electron chi connectivity index (χ0n) is 18.5. The molecule has 0 radical (unpaired) electrons. The van der Waals surface area contributed by atoms with Gasteiger partial charge in [0, 0.05) is 13.1 Å².